The largest absolute Gasteiger partial charge is 0.396 e. The van der Waals surface area contributed by atoms with Gasteiger partial charge in [-0.25, -0.2) is 4.98 Å². The van der Waals surface area contributed by atoms with Gasteiger partial charge >= 0.3 is 0 Å². The lowest BCUT2D eigenvalue weighted by molar-refractivity contribution is -0.188. The molecule has 11 aliphatic carbocycles. The zero-order chi connectivity index (χ0) is 51.5. The van der Waals surface area contributed by atoms with Crippen LogP contribution in [0, 0.1) is 86.8 Å². The molecular weight excluding hydrogens is 967 g/mol. The average Bonchev–Trinajstić information content (AvgIpc) is 4.26. The number of imidazole rings is 1. The number of nitrogens with zero attached hydrogens (tertiary/aromatic N) is 3. The third-order valence-electron chi connectivity index (χ3n) is 24.2. The fourth-order valence-electron chi connectivity index (χ4n) is 21.9. The summed E-state index contributed by atoms with van der Waals surface area (Å²) in [4.78, 5) is 24.7. The Kier molecular flexibility index (Phi) is 12.6. The van der Waals surface area contributed by atoms with Crippen molar-refractivity contribution in [1.29, 1.82) is 0 Å². The minimum Gasteiger partial charge on any atom is -0.396 e. The topological polar surface area (TPSA) is 207 Å². The summed E-state index contributed by atoms with van der Waals surface area (Å²) in [6, 6.07) is 0.142. The third-order valence-corrected chi connectivity index (χ3v) is 27.6. The molecule has 9 N–H and O–H groups in total. The van der Waals surface area contributed by atoms with Crippen molar-refractivity contribution in [1.82, 2.24) is 14.9 Å². The summed E-state index contributed by atoms with van der Waals surface area (Å²) < 4.78 is 1.96. The number of ketones is 1. The van der Waals surface area contributed by atoms with Crippen molar-refractivity contribution in [3.8, 4) is 0 Å². The van der Waals surface area contributed by atoms with Crippen molar-refractivity contribution in [2.24, 2.45) is 97.5 Å². The van der Waals surface area contributed by atoms with Gasteiger partial charge in [-0.2, -0.15) is 0 Å². The lowest BCUT2D eigenvalue weighted by atomic mass is 9.41. The summed E-state index contributed by atoms with van der Waals surface area (Å²) in [6.07, 6.45) is 23.7. The number of nitrogens with two attached hydrogens (primary N) is 1. The minimum atomic E-state index is -1.63. The molecule has 13 rings (SSSR count). The van der Waals surface area contributed by atoms with Gasteiger partial charge in [-0.3, -0.25) is 9.79 Å². The second-order valence-electron chi connectivity index (χ2n) is 28.0. The van der Waals surface area contributed by atoms with Gasteiger partial charge in [-0.15, -0.1) is 0 Å². The van der Waals surface area contributed by atoms with Gasteiger partial charge in [0.05, 0.1) is 36.8 Å². The van der Waals surface area contributed by atoms with E-state index in [-0.39, 0.29) is 83.5 Å². The minimum absolute atomic E-state index is 0.0972. The normalized spacial score (nSPS) is 48.5. The monoisotopic (exact) mass is 1050 g/mol. The molecule has 0 unspecified atom stereocenters. The number of hydrogen-bond acceptors (Lipinski definition) is 11. The van der Waals surface area contributed by atoms with Crippen LogP contribution in [0.2, 0.25) is 0 Å². The number of allylic oxidation sites excluding steroid dienone is 3. The summed E-state index contributed by atoms with van der Waals surface area (Å²) in [5, 5.41) is 78.2. The SMILES string of the molecule is C[C@H](O)NC(N)=NC[C@@H]1C[C@]2(CO)[C@@H]3C[C@H](C4(CCCC4)SSC[C@@H](n4ccnc4)CC(C)(C)C4=C5C[C@@H]6CC[C@H]7CCC[C@]7(C6)[C@@H]5C5=C6[C@H](CCC5)C[C@@H]3[C@H](O)[C@H]64)[C@@]2(O)C2=CC(=O)[C@@H]3C[C@@H](O)[C@@H](O)C[C@]3(C)[C@H]21. The standard InChI is InChI=1S/C60H87N5O7S2/c1-32(67)64-54(61)63-28-35-25-58(30-66)41-23-47(60(58,72)43-22-44(68)42-21-45(69)46(70)27-56(42,4)50(35)43)59(15-5-6-16-59)74-73-29-37(65-18-17-62-31-65)26-55(2,3)52-40-19-33-12-13-36-10-8-14-57(36,24-33)51(40)38-11-7-9-34-20-39(41)53(71)49(52)48(34)38/h17-18,22,31-37,39,41-42,45-47,49-51,53,66-67,69-72H,5-16,19-21,23-30H2,1-4H3,(H3,61,63,64)/t32-,33-,34+,35-,36+,37-,39-,41+,42-,45+,46-,47+,49+,50-,51+,53-,56-,57+,58-,60-/m0/s1. The summed E-state index contributed by atoms with van der Waals surface area (Å²) in [5.74, 6) is 0.770. The molecule has 12 aliphatic rings. The number of rotatable bonds is 5. The van der Waals surface area contributed by atoms with E-state index in [4.69, 9.17) is 10.7 Å². The lowest BCUT2D eigenvalue weighted by Gasteiger charge is -2.65. The van der Waals surface area contributed by atoms with Crippen LogP contribution in [-0.4, -0.2) is 106 Å². The Morgan fingerprint density at radius 1 is 0.973 bits per heavy atom. The van der Waals surface area contributed by atoms with E-state index in [0.29, 0.717) is 41.6 Å². The number of carbonyl (C=O) groups is 1. The first-order chi connectivity index (χ1) is 35.4. The van der Waals surface area contributed by atoms with E-state index in [0.717, 1.165) is 75.9 Å². The molecule has 6 bridgehead atoms. The maximum Gasteiger partial charge on any atom is 0.190 e. The number of fused-ring (bicyclic) bond motifs is 15. The van der Waals surface area contributed by atoms with Crippen molar-refractivity contribution in [3.63, 3.8) is 0 Å². The average molecular weight is 1050 g/mol. The first-order valence-corrected chi connectivity index (χ1v) is 31.8. The number of aromatic nitrogens is 2. The number of aliphatic hydroxyl groups excluding tert-OH is 5. The van der Waals surface area contributed by atoms with Crippen molar-refractivity contribution in [2.45, 2.75) is 197 Å². The van der Waals surface area contributed by atoms with Crippen molar-refractivity contribution in [3.05, 3.63) is 52.7 Å². The van der Waals surface area contributed by atoms with Gasteiger partial charge in [-0.05, 0) is 185 Å². The number of aliphatic hydroxyl groups is 6. The molecule has 406 valence electrons. The molecule has 1 aromatic heterocycles. The van der Waals surface area contributed by atoms with E-state index in [2.05, 4.69) is 41.8 Å². The van der Waals surface area contributed by atoms with E-state index in [1.165, 1.54) is 44.1 Å². The number of guanidine groups is 1. The van der Waals surface area contributed by atoms with Crippen LogP contribution in [0.25, 0.3) is 0 Å². The van der Waals surface area contributed by atoms with Crippen LogP contribution in [0.1, 0.15) is 162 Å². The van der Waals surface area contributed by atoms with Crippen LogP contribution >= 0.6 is 21.6 Å². The molecule has 0 amide bonds. The van der Waals surface area contributed by atoms with Gasteiger partial charge < -0.3 is 46.3 Å². The molecule has 8 saturated carbocycles. The fraction of sp³-hybridized carbons (Fsp3) is 0.817. The maximum absolute atomic E-state index is 15.1. The van der Waals surface area contributed by atoms with Crippen molar-refractivity contribution >= 4 is 33.3 Å². The highest BCUT2D eigenvalue weighted by atomic mass is 33.1. The van der Waals surface area contributed by atoms with Crippen LogP contribution in [0.5, 0.6) is 0 Å². The zero-order valence-electron chi connectivity index (χ0n) is 44.6. The molecule has 1 aromatic rings. The third kappa shape index (κ3) is 7.24. The summed E-state index contributed by atoms with van der Waals surface area (Å²) in [6.45, 7) is 8.65. The number of carbonyl (C=O) groups excluding carboxylic acids is 1. The van der Waals surface area contributed by atoms with Crippen molar-refractivity contribution in [2.75, 3.05) is 18.9 Å². The fourth-order valence-corrected chi connectivity index (χ4v) is 25.8. The second-order valence-corrected chi connectivity index (χ2v) is 30.7. The Morgan fingerprint density at radius 3 is 2.54 bits per heavy atom. The van der Waals surface area contributed by atoms with Gasteiger partial charge in [0.15, 0.2) is 11.7 Å². The Hall–Kier alpha value is -2.17. The highest BCUT2D eigenvalue weighted by Gasteiger charge is 2.77. The molecule has 2 spiro atoms. The Labute approximate surface area is 447 Å². The van der Waals surface area contributed by atoms with Gasteiger partial charge in [-0.1, -0.05) is 83.9 Å². The van der Waals surface area contributed by atoms with Gasteiger partial charge in [0.2, 0.25) is 0 Å². The molecule has 1 aliphatic heterocycles. The predicted octanol–water partition coefficient (Wildman–Crippen LogP) is 8.43. The van der Waals surface area contributed by atoms with E-state index in [1.54, 1.807) is 29.7 Å². The van der Waals surface area contributed by atoms with Crippen LogP contribution in [-0.2, 0) is 4.79 Å². The zero-order valence-corrected chi connectivity index (χ0v) is 46.3. The molecular formula is C60H87N5O7S2. The van der Waals surface area contributed by atoms with E-state index < -0.39 is 52.8 Å². The first-order valence-electron chi connectivity index (χ1n) is 29.5. The molecule has 2 heterocycles. The highest BCUT2D eigenvalue weighted by molar-refractivity contribution is 8.77. The molecule has 20 atom stereocenters. The Balaban J connectivity index is 1.03. The molecule has 9 fully saturated rings. The summed E-state index contributed by atoms with van der Waals surface area (Å²) >= 11 is 0. The molecule has 1 saturated heterocycles. The molecule has 12 nitrogen and oxygen atoms in total. The van der Waals surface area contributed by atoms with Crippen LogP contribution in [0.3, 0.4) is 0 Å². The molecule has 0 aromatic carbocycles. The molecule has 0 radical (unpaired) electrons. The van der Waals surface area contributed by atoms with E-state index in [1.807, 2.05) is 34.1 Å². The van der Waals surface area contributed by atoms with Crippen molar-refractivity contribution < 1.29 is 35.4 Å². The Bertz CT molecular complexity index is 2520. The maximum atomic E-state index is 15.1. The number of aliphatic imine (C=N–C) groups is 1. The highest BCUT2D eigenvalue weighted by Crippen LogP contribution is 2.78. The first kappa shape index (κ1) is 51.3. The van der Waals surface area contributed by atoms with Gasteiger partial charge in [0.25, 0.3) is 0 Å². The van der Waals surface area contributed by atoms with E-state index >= 15 is 9.90 Å². The van der Waals surface area contributed by atoms with Crippen LogP contribution < -0.4 is 11.1 Å². The number of hydrogen-bond donors (Lipinski definition) is 8. The van der Waals surface area contributed by atoms with E-state index in [9.17, 15) is 25.5 Å². The molecule has 74 heavy (non-hydrogen) atoms. The summed E-state index contributed by atoms with van der Waals surface area (Å²) in [7, 11) is 3.91. The van der Waals surface area contributed by atoms with Crippen LogP contribution in [0.15, 0.2) is 57.7 Å². The van der Waals surface area contributed by atoms with Gasteiger partial charge in [0, 0.05) is 64.6 Å². The predicted molar refractivity (Wildman–Crippen MR) is 290 cm³/mol. The lowest BCUT2D eigenvalue weighted by Crippen LogP contribution is -2.68. The molecule has 14 heteroatoms. The van der Waals surface area contributed by atoms with Crippen LogP contribution in [0.4, 0.5) is 0 Å². The smallest absolute Gasteiger partial charge is 0.190 e. The summed E-state index contributed by atoms with van der Waals surface area (Å²) in [5.41, 5.74) is 10.2. The Morgan fingerprint density at radius 2 is 1.78 bits per heavy atom. The second kappa shape index (κ2) is 18.2. The quantitative estimate of drug-likeness (QED) is 0.0460. The number of nitrogens with one attached hydrogen (secondary N) is 1. The van der Waals surface area contributed by atoms with Gasteiger partial charge in [0.1, 0.15) is 6.23 Å².